The molecule has 2 aromatic carbocycles. The Bertz CT molecular complexity index is 638. The van der Waals surface area contributed by atoms with E-state index in [1.165, 1.54) is 6.07 Å². The lowest BCUT2D eigenvalue weighted by Gasteiger charge is -2.11. The lowest BCUT2D eigenvalue weighted by atomic mass is 10.1. The minimum absolute atomic E-state index is 0.00670. The SMILES string of the molecule is CC[C@@H](N)c1ccc(Oc2ccc(C)cc2[N+](=O)[O-])cc1. The van der Waals surface area contributed by atoms with Crippen LogP contribution in [-0.2, 0) is 0 Å². The molecule has 2 aromatic rings. The molecule has 0 aromatic heterocycles. The van der Waals surface area contributed by atoms with Crippen molar-refractivity contribution in [2.24, 2.45) is 5.73 Å². The molecule has 2 rings (SSSR count). The number of nitrogens with two attached hydrogens (primary N) is 1. The van der Waals surface area contributed by atoms with Gasteiger partial charge in [0.15, 0.2) is 0 Å². The van der Waals surface area contributed by atoms with Gasteiger partial charge in [-0.05, 0) is 42.7 Å². The molecule has 0 heterocycles. The number of nitro benzene ring substituents is 1. The van der Waals surface area contributed by atoms with Crippen molar-refractivity contribution in [1.29, 1.82) is 0 Å². The van der Waals surface area contributed by atoms with Gasteiger partial charge in [0, 0.05) is 12.1 Å². The van der Waals surface area contributed by atoms with Crippen LogP contribution in [0.1, 0.15) is 30.5 Å². The topological polar surface area (TPSA) is 78.4 Å². The summed E-state index contributed by atoms with van der Waals surface area (Å²) in [5, 5.41) is 11.1. The molecule has 0 aliphatic carbocycles. The summed E-state index contributed by atoms with van der Waals surface area (Å²) in [6.45, 7) is 3.82. The third-order valence-electron chi connectivity index (χ3n) is 3.29. The molecule has 0 saturated carbocycles. The first-order valence-electron chi connectivity index (χ1n) is 6.79. The van der Waals surface area contributed by atoms with Gasteiger partial charge in [-0.2, -0.15) is 0 Å². The molecule has 0 unspecified atom stereocenters. The highest BCUT2D eigenvalue weighted by Crippen LogP contribution is 2.32. The summed E-state index contributed by atoms with van der Waals surface area (Å²) in [4.78, 5) is 10.6. The van der Waals surface area contributed by atoms with Gasteiger partial charge in [0.25, 0.3) is 0 Å². The van der Waals surface area contributed by atoms with E-state index in [0.29, 0.717) is 5.75 Å². The van der Waals surface area contributed by atoms with Gasteiger partial charge in [-0.15, -0.1) is 0 Å². The highest BCUT2D eigenvalue weighted by atomic mass is 16.6. The predicted octanol–water partition coefficient (Wildman–Crippen LogP) is 4.11. The molecule has 0 saturated heterocycles. The third kappa shape index (κ3) is 3.58. The average Bonchev–Trinajstić information content (AvgIpc) is 2.49. The van der Waals surface area contributed by atoms with Crippen LogP contribution < -0.4 is 10.5 Å². The zero-order valence-electron chi connectivity index (χ0n) is 12.1. The minimum atomic E-state index is -0.441. The van der Waals surface area contributed by atoms with Crippen LogP contribution in [0.15, 0.2) is 42.5 Å². The van der Waals surface area contributed by atoms with Gasteiger partial charge >= 0.3 is 5.69 Å². The van der Waals surface area contributed by atoms with E-state index in [-0.39, 0.29) is 17.5 Å². The molecule has 5 heteroatoms. The number of nitro groups is 1. The quantitative estimate of drug-likeness (QED) is 0.662. The van der Waals surface area contributed by atoms with Gasteiger partial charge in [0.05, 0.1) is 4.92 Å². The Kier molecular flexibility index (Phi) is 4.55. The fraction of sp³-hybridized carbons (Fsp3) is 0.250. The summed E-state index contributed by atoms with van der Waals surface area (Å²) in [5.74, 6) is 0.784. The van der Waals surface area contributed by atoms with Gasteiger partial charge in [-0.25, -0.2) is 0 Å². The van der Waals surface area contributed by atoms with Gasteiger partial charge in [-0.3, -0.25) is 10.1 Å². The Labute approximate surface area is 123 Å². The number of aryl methyl sites for hydroxylation is 1. The normalized spacial score (nSPS) is 12.0. The second kappa shape index (κ2) is 6.37. The maximum absolute atomic E-state index is 11.1. The Hall–Kier alpha value is -2.40. The molecule has 0 bridgehead atoms. The van der Waals surface area contributed by atoms with Gasteiger partial charge in [0.1, 0.15) is 5.75 Å². The lowest BCUT2D eigenvalue weighted by molar-refractivity contribution is -0.385. The first-order valence-corrected chi connectivity index (χ1v) is 6.79. The van der Waals surface area contributed by atoms with Gasteiger partial charge < -0.3 is 10.5 Å². The molecule has 5 nitrogen and oxygen atoms in total. The highest BCUT2D eigenvalue weighted by molar-refractivity contribution is 5.50. The molecule has 0 aliphatic heterocycles. The van der Waals surface area contributed by atoms with Crippen LogP contribution in [0.4, 0.5) is 5.69 Å². The Balaban J connectivity index is 2.24. The monoisotopic (exact) mass is 286 g/mol. The minimum Gasteiger partial charge on any atom is -0.450 e. The van der Waals surface area contributed by atoms with E-state index >= 15 is 0 Å². The van der Waals surface area contributed by atoms with Crippen molar-refractivity contribution in [2.45, 2.75) is 26.3 Å². The standard InChI is InChI=1S/C16H18N2O3/c1-3-14(17)12-5-7-13(8-6-12)21-16-9-4-11(2)10-15(16)18(19)20/h4-10,14H,3,17H2,1-2H3/t14-/m1/s1. The molecule has 1 atom stereocenters. The predicted molar refractivity (Wildman–Crippen MR) is 81.6 cm³/mol. The molecule has 0 radical (unpaired) electrons. The highest BCUT2D eigenvalue weighted by Gasteiger charge is 2.16. The maximum atomic E-state index is 11.1. The van der Waals surface area contributed by atoms with E-state index in [1.54, 1.807) is 31.2 Å². The summed E-state index contributed by atoms with van der Waals surface area (Å²) in [6.07, 6.45) is 0.851. The summed E-state index contributed by atoms with van der Waals surface area (Å²) >= 11 is 0. The third-order valence-corrected chi connectivity index (χ3v) is 3.29. The smallest absolute Gasteiger partial charge is 0.311 e. The van der Waals surface area contributed by atoms with E-state index in [0.717, 1.165) is 17.5 Å². The largest absolute Gasteiger partial charge is 0.450 e. The number of hydrogen-bond donors (Lipinski definition) is 1. The summed E-state index contributed by atoms with van der Waals surface area (Å²) in [7, 11) is 0. The first kappa shape index (κ1) is 15.0. The molecule has 0 aliphatic rings. The van der Waals surface area contributed by atoms with E-state index < -0.39 is 4.92 Å². The number of rotatable bonds is 5. The van der Waals surface area contributed by atoms with E-state index in [9.17, 15) is 10.1 Å². The van der Waals surface area contributed by atoms with Crippen LogP contribution >= 0.6 is 0 Å². The Morgan fingerprint density at radius 3 is 2.48 bits per heavy atom. The summed E-state index contributed by atoms with van der Waals surface area (Å²) in [5.41, 5.74) is 7.74. The maximum Gasteiger partial charge on any atom is 0.311 e. The van der Waals surface area contributed by atoms with Crippen molar-refractivity contribution >= 4 is 5.69 Å². The fourth-order valence-electron chi connectivity index (χ4n) is 2.00. The van der Waals surface area contributed by atoms with Crippen LogP contribution in [0.3, 0.4) is 0 Å². The van der Waals surface area contributed by atoms with Crippen molar-refractivity contribution in [3.05, 3.63) is 63.7 Å². The van der Waals surface area contributed by atoms with Crippen molar-refractivity contribution in [3.8, 4) is 11.5 Å². The van der Waals surface area contributed by atoms with E-state index in [1.807, 2.05) is 19.1 Å². The molecule has 0 fully saturated rings. The first-order chi connectivity index (χ1) is 10.0. The zero-order valence-corrected chi connectivity index (χ0v) is 12.1. The second-order valence-electron chi connectivity index (χ2n) is 4.91. The second-order valence-corrected chi connectivity index (χ2v) is 4.91. The van der Waals surface area contributed by atoms with Crippen LogP contribution in [-0.4, -0.2) is 4.92 Å². The lowest BCUT2D eigenvalue weighted by Crippen LogP contribution is -2.08. The van der Waals surface area contributed by atoms with Crippen molar-refractivity contribution < 1.29 is 9.66 Å². The van der Waals surface area contributed by atoms with Crippen LogP contribution in [0, 0.1) is 17.0 Å². The zero-order chi connectivity index (χ0) is 15.4. The van der Waals surface area contributed by atoms with Crippen molar-refractivity contribution in [1.82, 2.24) is 0 Å². The average molecular weight is 286 g/mol. The number of benzene rings is 2. The van der Waals surface area contributed by atoms with Crippen LogP contribution in [0.2, 0.25) is 0 Å². The van der Waals surface area contributed by atoms with Crippen molar-refractivity contribution in [3.63, 3.8) is 0 Å². The molecule has 21 heavy (non-hydrogen) atoms. The van der Waals surface area contributed by atoms with Crippen LogP contribution in [0.5, 0.6) is 11.5 Å². The molecule has 0 amide bonds. The van der Waals surface area contributed by atoms with Gasteiger partial charge in [-0.1, -0.05) is 25.1 Å². The molecule has 2 N–H and O–H groups in total. The number of hydrogen-bond acceptors (Lipinski definition) is 4. The number of nitrogens with zero attached hydrogens (tertiary/aromatic N) is 1. The van der Waals surface area contributed by atoms with E-state index in [2.05, 4.69) is 0 Å². The molecular weight excluding hydrogens is 268 g/mol. The van der Waals surface area contributed by atoms with E-state index in [4.69, 9.17) is 10.5 Å². The molecule has 0 spiro atoms. The fourth-order valence-corrected chi connectivity index (χ4v) is 2.00. The Morgan fingerprint density at radius 2 is 1.90 bits per heavy atom. The van der Waals surface area contributed by atoms with Crippen LogP contribution in [0.25, 0.3) is 0 Å². The number of ether oxygens (including phenoxy) is 1. The summed E-state index contributed by atoms with van der Waals surface area (Å²) < 4.78 is 5.61. The molecular formula is C16H18N2O3. The molecule has 110 valence electrons. The van der Waals surface area contributed by atoms with Gasteiger partial charge in [0.2, 0.25) is 5.75 Å². The Morgan fingerprint density at radius 1 is 1.24 bits per heavy atom. The summed E-state index contributed by atoms with van der Waals surface area (Å²) in [6, 6.07) is 12.2. The van der Waals surface area contributed by atoms with Crippen molar-refractivity contribution in [2.75, 3.05) is 0 Å².